The lowest BCUT2D eigenvalue weighted by atomic mass is 9.95. The predicted molar refractivity (Wildman–Crippen MR) is 55.1 cm³/mol. The number of benzene rings is 1. The number of hydrogen-bond donors (Lipinski definition) is 0. The molecule has 0 heterocycles. The second-order valence-corrected chi connectivity index (χ2v) is 3.65. The van der Waals surface area contributed by atoms with E-state index in [-0.39, 0.29) is 12.0 Å². The summed E-state index contributed by atoms with van der Waals surface area (Å²) in [6, 6.07) is 3.68. The minimum absolute atomic E-state index is 0.189. The van der Waals surface area contributed by atoms with Crippen molar-refractivity contribution in [1.82, 2.24) is 0 Å². The Bertz CT molecular complexity index is 502. The van der Waals surface area contributed by atoms with Gasteiger partial charge < -0.3 is 0 Å². The van der Waals surface area contributed by atoms with Crippen LogP contribution in [0.2, 0.25) is 0 Å². The molecule has 0 spiro atoms. The molecule has 0 N–H and O–H groups in total. The summed E-state index contributed by atoms with van der Waals surface area (Å²) in [5.41, 5.74) is -1.81. The van der Waals surface area contributed by atoms with Crippen molar-refractivity contribution in [1.29, 1.82) is 5.26 Å². The van der Waals surface area contributed by atoms with Crippen LogP contribution in [0.4, 0.5) is 17.6 Å². The fourth-order valence-corrected chi connectivity index (χ4v) is 1.43. The second kappa shape index (κ2) is 5.17. The van der Waals surface area contributed by atoms with Crippen molar-refractivity contribution in [3.63, 3.8) is 0 Å². The van der Waals surface area contributed by atoms with Crippen molar-refractivity contribution < 1.29 is 22.4 Å². The maximum Gasteiger partial charge on any atom is 0.419 e. The average molecular weight is 259 g/mol. The fraction of sp³-hybridized carbons (Fsp3) is 0.333. The summed E-state index contributed by atoms with van der Waals surface area (Å²) in [5, 5.41) is 8.67. The SMILES string of the molecule is CCC(C#N)C(=O)c1ccc(F)c(C(F)(F)F)c1. The molecule has 0 aliphatic heterocycles. The number of hydrogen-bond acceptors (Lipinski definition) is 2. The van der Waals surface area contributed by atoms with Gasteiger partial charge in [0.1, 0.15) is 11.7 Å². The normalized spacial score (nSPS) is 12.9. The van der Waals surface area contributed by atoms with Crippen LogP contribution in [-0.4, -0.2) is 5.78 Å². The number of ketones is 1. The lowest BCUT2D eigenvalue weighted by molar-refractivity contribution is -0.140. The van der Waals surface area contributed by atoms with Crippen LogP contribution in [0.15, 0.2) is 18.2 Å². The number of carbonyl (C=O) groups excluding carboxylic acids is 1. The van der Waals surface area contributed by atoms with E-state index in [0.29, 0.717) is 12.1 Å². The second-order valence-electron chi connectivity index (χ2n) is 3.65. The molecule has 0 aliphatic rings. The van der Waals surface area contributed by atoms with Crippen LogP contribution >= 0.6 is 0 Å². The first-order chi connectivity index (χ1) is 8.31. The van der Waals surface area contributed by atoms with Gasteiger partial charge in [-0.1, -0.05) is 6.92 Å². The van der Waals surface area contributed by atoms with E-state index < -0.39 is 29.3 Å². The molecule has 1 unspecified atom stereocenters. The first-order valence-electron chi connectivity index (χ1n) is 5.11. The summed E-state index contributed by atoms with van der Waals surface area (Å²) in [6.45, 7) is 1.57. The van der Waals surface area contributed by atoms with E-state index in [4.69, 9.17) is 5.26 Å². The minimum atomic E-state index is -4.87. The van der Waals surface area contributed by atoms with E-state index in [0.717, 1.165) is 6.07 Å². The van der Waals surface area contributed by atoms with Crippen molar-refractivity contribution in [2.24, 2.45) is 5.92 Å². The van der Waals surface area contributed by atoms with E-state index in [9.17, 15) is 22.4 Å². The zero-order valence-electron chi connectivity index (χ0n) is 9.38. The number of Topliss-reactive ketones (excluding diaryl/α,β-unsaturated/α-hetero) is 1. The van der Waals surface area contributed by atoms with Gasteiger partial charge in [-0.2, -0.15) is 18.4 Å². The Balaban J connectivity index is 3.22. The van der Waals surface area contributed by atoms with Gasteiger partial charge in [0.15, 0.2) is 5.78 Å². The standard InChI is InChI=1S/C12H9F4NO/c1-2-7(6-17)11(18)8-3-4-10(13)9(5-8)12(14,15)16/h3-5,7H,2H2,1H3. The molecule has 1 atom stereocenters. The topological polar surface area (TPSA) is 40.9 Å². The first kappa shape index (κ1) is 14.2. The van der Waals surface area contributed by atoms with Crippen molar-refractivity contribution in [2.45, 2.75) is 19.5 Å². The number of rotatable bonds is 3. The van der Waals surface area contributed by atoms with Crippen molar-refractivity contribution in [3.05, 3.63) is 35.1 Å². The number of nitriles is 1. The molecule has 1 rings (SSSR count). The van der Waals surface area contributed by atoms with E-state index in [1.165, 1.54) is 0 Å². The van der Waals surface area contributed by atoms with Crippen LogP contribution in [0, 0.1) is 23.1 Å². The van der Waals surface area contributed by atoms with Gasteiger partial charge in [0.2, 0.25) is 0 Å². The van der Waals surface area contributed by atoms with Gasteiger partial charge >= 0.3 is 6.18 Å². The number of nitrogens with zero attached hydrogens (tertiary/aromatic N) is 1. The Labute approximate surface area is 101 Å². The Kier molecular flexibility index (Phi) is 4.07. The van der Waals surface area contributed by atoms with Crippen molar-refractivity contribution in [3.8, 4) is 6.07 Å². The molecule has 96 valence electrons. The van der Waals surface area contributed by atoms with Gasteiger partial charge in [0.25, 0.3) is 0 Å². The summed E-state index contributed by atoms with van der Waals surface area (Å²) in [5.74, 6) is -3.19. The van der Waals surface area contributed by atoms with Gasteiger partial charge in [-0.3, -0.25) is 4.79 Å². The Hall–Kier alpha value is -1.90. The molecule has 2 nitrogen and oxygen atoms in total. The molecule has 18 heavy (non-hydrogen) atoms. The number of carbonyl (C=O) groups is 1. The molecule has 0 saturated carbocycles. The van der Waals surface area contributed by atoms with Crippen LogP contribution in [0.3, 0.4) is 0 Å². The van der Waals surface area contributed by atoms with Gasteiger partial charge in [-0.15, -0.1) is 0 Å². The summed E-state index contributed by atoms with van der Waals surface area (Å²) in [4.78, 5) is 11.7. The molecule has 0 saturated heterocycles. The van der Waals surface area contributed by atoms with Crippen molar-refractivity contribution in [2.75, 3.05) is 0 Å². The first-order valence-corrected chi connectivity index (χ1v) is 5.11. The third kappa shape index (κ3) is 2.86. The van der Waals surface area contributed by atoms with E-state index >= 15 is 0 Å². The highest BCUT2D eigenvalue weighted by Crippen LogP contribution is 2.32. The zero-order chi connectivity index (χ0) is 13.9. The summed E-state index contributed by atoms with van der Waals surface area (Å²) >= 11 is 0. The molecule has 1 aromatic carbocycles. The lowest BCUT2D eigenvalue weighted by Gasteiger charge is -2.10. The van der Waals surface area contributed by atoms with Gasteiger partial charge in [0.05, 0.1) is 11.6 Å². The molecular formula is C12H9F4NO. The van der Waals surface area contributed by atoms with E-state index in [1.54, 1.807) is 13.0 Å². The van der Waals surface area contributed by atoms with Crippen molar-refractivity contribution >= 4 is 5.78 Å². The Morgan fingerprint density at radius 2 is 2.06 bits per heavy atom. The fourth-order valence-electron chi connectivity index (χ4n) is 1.43. The zero-order valence-corrected chi connectivity index (χ0v) is 9.38. The Morgan fingerprint density at radius 3 is 2.50 bits per heavy atom. The highest BCUT2D eigenvalue weighted by Gasteiger charge is 2.35. The lowest BCUT2D eigenvalue weighted by Crippen LogP contribution is -2.15. The van der Waals surface area contributed by atoms with Crippen LogP contribution in [0.5, 0.6) is 0 Å². The maximum absolute atomic E-state index is 13.0. The number of alkyl halides is 3. The summed E-state index contributed by atoms with van der Waals surface area (Å²) in [7, 11) is 0. The molecule has 0 amide bonds. The largest absolute Gasteiger partial charge is 0.419 e. The minimum Gasteiger partial charge on any atom is -0.293 e. The van der Waals surface area contributed by atoms with Crippen LogP contribution in [0.1, 0.15) is 29.3 Å². The molecule has 0 fully saturated rings. The van der Waals surface area contributed by atoms with Gasteiger partial charge in [0, 0.05) is 5.56 Å². The third-order valence-corrected chi connectivity index (χ3v) is 2.44. The number of halogens is 4. The van der Waals surface area contributed by atoms with Gasteiger partial charge in [-0.25, -0.2) is 4.39 Å². The quantitative estimate of drug-likeness (QED) is 0.615. The third-order valence-electron chi connectivity index (χ3n) is 2.44. The predicted octanol–water partition coefficient (Wildman–Crippen LogP) is 3.58. The summed E-state index contributed by atoms with van der Waals surface area (Å²) < 4.78 is 50.3. The molecule has 0 aliphatic carbocycles. The monoisotopic (exact) mass is 259 g/mol. The molecule has 0 bridgehead atoms. The molecular weight excluding hydrogens is 250 g/mol. The molecule has 0 radical (unpaired) electrons. The molecule has 0 aromatic heterocycles. The highest BCUT2D eigenvalue weighted by molar-refractivity contribution is 5.99. The van der Waals surface area contributed by atoms with E-state index in [2.05, 4.69) is 0 Å². The highest BCUT2D eigenvalue weighted by atomic mass is 19.4. The van der Waals surface area contributed by atoms with Crippen LogP contribution < -0.4 is 0 Å². The molecule has 1 aromatic rings. The van der Waals surface area contributed by atoms with Crippen LogP contribution in [0.25, 0.3) is 0 Å². The maximum atomic E-state index is 13.0. The van der Waals surface area contributed by atoms with Gasteiger partial charge in [-0.05, 0) is 24.6 Å². The smallest absolute Gasteiger partial charge is 0.293 e. The van der Waals surface area contributed by atoms with E-state index in [1.807, 2.05) is 0 Å². The Morgan fingerprint density at radius 1 is 1.44 bits per heavy atom. The molecule has 6 heteroatoms. The average Bonchev–Trinajstić information content (AvgIpc) is 2.29. The summed E-state index contributed by atoms with van der Waals surface area (Å²) in [6.07, 6.45) is -4.68. The van der Waals surface area contributed by atoms with Crippen LogP contribution in [-0.2, 0) is 6.18 Å².